The number of carbonyl (C=O) groups excluding carboxylic acids is 1. The smallest absolute Gasteiger partial charge is 0.379 e. The average Bonchev–Trinajstić information content (AvgIpc) is 2.90. The third kappa shape index (κ3) is 5.70. The predicted octanol–water partition coefficient (Wildman–Crippen LogP) is 3.55. The van der Waals surface area contributed by atoms with Crippen molar-refractivity contribution in [3.8, 4) is 0 Å². The molecule has 3 aliphatic rings. The highest BCUT2D eigenvalue weighted by molar-refractivity contribution is 5.82. The van der Waals surface area contributed by atoms with Crippen LogP contribution in [-0.2, 0) is 22.1 Å². The number of rotatable bonds is 6. The highest BCUT2D eigenvalue weighted by atomic mass is 19.4. The van der Waals surface area contributed by atoms with Gasteiger partial charge in [-0.05, 0) is 55.3 Å². The predicted molar refractivity (Wildman–Crippen MR) is 133 cm³/mol. The molecule has 0 saturated carbocycles. The van der Waals surface area contributed by atoms with Gasteiger partial charge in [-0.25, -0.2) is 4.39 Å². The van der Waals surface area contributed by atoms with Crippen LogP contribution >= 0.6 is 0 Å². The molecule has 0 aliphatic carbocycles. The van der Waals surface area contributed by atoms with E-state index in [0.29, 0.717) is 50.6 Å². The first-order chi connectivity index (χ1) is 17.8. The number of hydrogen-bond acceptors (Lipinski definition) is 5. The van der Waals surface area contributed by atoms with E-state index < -0.39 is 17.7 Å². The molecule has 200 valence electrons. The number of halogens is 4. The van der Waals surface area contributed by atoms with Crippen molar-refractivity contribution >= 4 is 17.3 Å². The normalized spacial score (nSPS) is 22.4. The van der Waals surface area contributed by atoms with E-state index in [1.54, 1.807) is 18.2 Å². The first kappa shape index (κ1) is 25.8. The van der Waals surface area contributed by atoms with Crippen LogP contribution in [0.5, 0.6) is 0 Å². The van der Waals surface area contributed by atoms with Crippen LogP contribution in [0.4, 0.5) is 28.9 Å². The van der Waals surface area contributed by atoms with Gasteiger partial charge >= 0.3 is 6.18 Å². The molecular weight excluding hydrogens is 488 g/mol. The Morgan fingerprint density at radius 1 is 1.03 bits per heavy atom. The van der Waals surface area contributed by atoms with Gasteiger partial charge in [-0.1, -0.05) is 12.1 Å². The zero-order valence-corrected chi connectivity index (χ0v) is 20.6. The second kappa shape index (κ2) is 10.9. The monoisotopic (exact) mass is 520 g/mol. The number of alkyl halides is 3. The number of anilines is 2. The molecule has 0 aromatic heterocycles. The van der Waals surface area contributed by atoms with Crippen molar-refractivity contribution in [2.75, 3.05) is 68.8 Å². The fraction of sp³-hybridized carbons (Fsp3) is 0.519. The number of hydrogen-bond donors (Lipinski definition) is 1. The van der Waals surface area contributed by atoms with Crippen LogP contribution in [-0.4, -0.2) is 75.9 Å². The number of amides is 1. The molecule has 2 saturated heterocycles. The topological polar surface area (TPSA) is 48.1 Å². The molecule has 5 rings (SSSR count). The summed E-state index contributed by atoms with van der Waals surface area (Å²) in [7, 11) is 0. The molecule has 3 heterocycles. The number of para-hydroxylation sites is 1. The molecule has 2 aromatic rings. The minimum atomic E-state index is -4.45. The zero-order chi connectivity index (χ0) is 26.0. The molecule has 0 bridgehead atoms. The van der Waals surface area contributed by atoms with Crippen LogP contribution in [0, 0.1) is 11.7 Å². The Morgan fingerprint density at radius 2 is 1.81 bits per heavy atom. The molecule has 3 aliphatic heterocycles. The quantitative estimate of drug-likeness (QED) is 0.467. The first-order valence-corrected chi connectivity index (χ1v) is 12.9. The molecule has 1 amide bonds. The van der Waals surface area contributed by atoms with E-state index in [9.17, 15) is 22.4 Å². The van der Waals surface area contributed by atoms with Gasteiger partial charge in [0, 0.05) is 45.0 Å². The minimum Gasteiger partial charge on any atom is -0.379 e. The first-order valence-electron chi connectivity index (χ1n) is 12.9. The van der Waals surface area contributed by atoms with Crippen molar-refractivity contribution in [3.63, 3.8) is 0 Å². The van der Waals surface area contributed by atoms with Gasteiger partial charge in [-0.3, -0.25) is 9.69 Å². The summed E-state index contributed by atoms with van der Waals surface area (Å²) in [6.07, 6.45) is -3.46. The fourth-order valence-electron chi connectivity index (χ4n) is 5.70. The maximum Gasteiger partial charge on any atom is 0.416 e. The van der Waals surface area contributed by atoms with E-state index in [0.717, 1.165) is 37.8 Å². The molecule has 6 nitrogen and oxygen atoms in total. The van der Waals surface area contributed by atoms with Gasteiger partial charge in [0.1, 0.15) is 5.82 Å². The number of morpholine rings is 1. The van der Waals surface area contributed by atoms with Crippen molar-refractivity contribution in [2.24, 2.45) is 5.92 Å². The molecule has 2 atom stereocenters. The number of fused-ring (bicyclic) bond motifs is 3. The van der Waals surface area contributed by atoms with Crippen LogP contribution in [0.3, 0.4) is 0 Å². The van der Waals surface area contributed by atoms with Gasteiger partial charge in [-0.2, -0.15) is 13.2 Å². The molecule has 2 aromatic carbocycles. The molecule has 2 unspecified atom stereocenters. The summed E-state index contributed by atoms with van der Waals surface area (Å²) >= 11 is 0. The summed E-state index contributed by atoms with van der Waals surface area (Å²) in [4.78, 5) is 19.7. The lowest BCUT2D eigenvalue weighted by Crippen LogP contribution is -2.61. The van der Waals surface area contributed by atoms with Gasteiger partial charge in [0.2, 0.25) is 5.91 Å². The van der Waals surface area contributed by atoms with Crippen LogP contribution in [0.2, 0.25) is 0 Å². The number of nitrogens with one attached hydrogen (secondary N) is 1. The Balaban J connectivity index is 1.34. The fourth-order valence-corrected chi connectivity index (χ4v) is 5.70. The Bertz CT molecular complexity index is 1110. The lowest BCUT2D eigenvalue weighted by atomic mass is 9.82. The minimum absolute atomic E-state index is 0.171. The van der Waals surface area contributed by atoms with Crippen molar-refractivity contribution in [1.82, 2.24) is 10.2 Å². The Labute approximate surface area is 214 Å². The number of carbonyl (C=O) groups is 1. The molecule has 2 fully saturated rings. The van der Waals surface area contributed by atoms with Gasteiger partial charge in [-0.15, -0.1) is 0 Å². The summed E-state index contributed by atoms with van der Waals surface area (Å²) in [5.41, 5.74) is 1.02. The van der Waals surface area contributed by atoms with Crippen LogP contribution in [0.15, 0.2) is 42.5 Å². The number of nitrogens with zero attached hydrogens (tertiary/aromatic N) is 3. The second-order valence-electron chi connectivity index (χ2n) is 9.91. The highest BCUT2D eigenvalue weighted by Crippen LogP contribution is 2.40. The van der Waals surface area contributed by atoms with E-state index in [4.69, 9.17) is 4.74 Å². The third-order valence-electron chi connectivity index (χ3n) is 7.62. The van der Waals surface area contributed by atoms with E-state index in [2.05, 4.69) is 10.2 Å². The lowest BCUT2D eigenvalue weighted by Gasteiger charge is -2.49. The van der Waals surface area contributed by atoms with E-state index in [1.165, 1.54) is 18.2 Å². The average molecular weight is 521 g/mol. The molecule has 10 heteroatoms. The number of piperazine rings is 1. The van der Waals surface area contributed by atoms with Gasteiger partial charge in [0.25, 0.3) is 0 Å². The van der Waals surface area contributed by atoms with E-state index in [1.807, 2.05) is 9.80 Å². The Kier molecular flexibility index (Phi) is 7.57. The summed E-state index contributed by atoms with van der Waals surface area (Å²) in [5.74, 6) is -1.05. The van der Waals surface area contributed by atoms with Gasteiger partial charge in [0.05, 0.1) is 36.4 Å². The third-order valence-corrected chi connectivity index (χ3v) is 7.62. The van der Waals surface area contributed by atoms with Crippen LogP contribution in [0.1, 0.15) is 17.5 Å². The molecule has 37 heavy (non-hydrogen) atoms. The van der Waals surface area contributed by atoms with Gasteiger partial charge in [0.15, 0.2) is 0 Å². The molecule has 1 N–H and O–H groups in total. The van der Waals surface area contributed by atoms with Crippen molar-refractivity contribution in [3.05, 3.63) is 59.4 Å². The van der Waals surface area contributed by atoms with Crippen molar-refractivity contribution in [2.45, 2.75) is 25.1 Å². The lowest BCUT2D eigenvalue weighted by molar-refractivity contribution is -0.137. The Morgan fingerprint density at radius 3 is 2.57 bits per heavy atom. The Hall–Kier alpha value is -2.85. The van der Waals surface area contributed by atoms with Crippen molar-refractivity contribution < 1.29 is 27.1 Å². The summed E-state index contributed by atoms with van der Waals surface area (Å²) in [6, 6.07) is 10.1. The standard InChI is InChI=1S/C27H32F4N4O2/c28-22-4-1-2-5-24(22)34-10-11-35-23-7-6-20(27(29,30)31)16-19(23)17-21(25(35)18-34)26(36)32-8-3-9-33-12-14-37-15-13-33/h1-2,4-7,16,21,25H,3,8-15,17-18H2,(H,32,36). The maximum absolute atomic E-state index is 14.6. The van der Waals surface area contributed by atoms with Crippen molar-refractivity contribution in [1.29, 1.82) is 0 Å². The van der Waals surface area contributed by atoms with Crippen LogP contribution in [0.25, 0.3) is 0 Å². The SMILES string of the molecule is O=C(NCCCN1CCOCC1)C1Cc2cc(C(F)(F)F)ccc2N2CCN(c3ccccc3F)CC12. The number of benzene rings is 2. The van der Waals surface area contributed by atoms with E-state index in [-0.39, 0.29) is 24.2 Å². The van der Waals surface area contributed by atoms with Gasteiger partial charge < -0.3 is 19.9 Å². The highest BCUT2D eigenvalue weighted by Gasteiger charge is 2.43. The van der Waals surface area contributed by atoms with E-state index >= 15 is 0 Å². The maximum atomic E-state index is 14.6. The second-order valence-corrected chi connectivity index (χ2v) is 9.91. The summed E-state index contributed by atoms with van der Waals surface area (Å²) in [5, 5.41) is 3.03. The zero-order valence-electron chi connectivity index (χ0n) is 20.6. The number of ether oxygens (including phenoxy) is 1. The molecule has 0 spiro atoms. The summed E-state index contributed by atoms with van der Waals surface area (Å²) in [6.45, 7) is 5.91. The largest absolute Gasteiger partial charge is 0.416 e. The van der Waals surface area contributed by atoms with Crippen LogP contribution < -0.4 is 15.1 Å². The molecular formula is C27H32F4N4O2. The summed E-state index contributed by atoms with van der Waals surface area (Å²) < 4.78 is 60.2. The molecule has 0 radical (unpaired) electrons.